The maximum atomic E-state index is 13.2. The number of hydrogen-bond donors (Lipinski definition) is 0. The van der Waals surface area contributed by atoms with Gasteiger partial charge in [0, 0.05) is 23.8 Å². The van der Waals surface area contributed by atoms with Crippen molar-refractivity contribution in [3.05, 3.63) is 11.6 Å². The molecule has 0 bridgehead atoms. The average molecular weight is 379 g/mol. The van der Waals surface area contributed by atoms with Crippen molar-refractivity contribution < 1.29 is 14.3 Å². The van der Waals surface area contributed by atoms with E-state index in [1.54, 1.807) is 0 Å². The lowest BCUT2D eigenvalue weighted by Crippen LogP contribution is -2.54. The van der Waals surface area contributed by atoms with Crippen molar-refractivity contribution in [3.63, 3.8) is 0 Å². The molecule has 2 saturated carbocycles. The summed E-state index contributed by atoms with van der Waals surface area (Å²) in [5.41, 5.74) is 0.768. The number of carbonyl (C=O) groups excluding carboxylic acids is 2. The van der Waals surface area contributed by atoms with E-state index in [1.807, 2.05) is 23.5 Å². The maximum absolute atomic E-state index is 13.2. The van der Waals surface area contributed by atoms with E-state index in [0.29, 0.717) is 30.6 Å². The number of ketones is 1. The Labute approximate surface area is 158 Å². The zero-order chi connectivity index (χ0) is 17.4. The van der Waals surface area contributed by atoms with E-state index in [2.05, 4.69) is 19.9 Å². The molecule has 5 atom stereocenters. The molecule has 2 aliphatic heterocycles. The van der Waals surface area contributed by atoms with E-state index in [4.69, 9.17) is 4.74 Å². The van der Waals surface area contributed by atoms with Crippen LogP contribution in [-0.2, 0) is 14.3 Å². The zero-order valence-corrected chi connectivity index (χ0v) is 16.6. The Morgan fingerprint density at radius 1 is 1.04 bits per heavy atom. The highest BCUT2D eigenvalue weighted by Crippen LogP contribution is 2.65. The number of Topliss-reactive ketones (excluding diaryl/α,β-unsaturated/α-hetero) is 1. The van der Waals surface area contributed by atoms with Crippen molar-refractivity contribution in [2.45, 2.75) is 50.0 Å². The monoisotopic (exact) mass is 378 g/mol. The molecule has 136 valence electrons. The van der Waals surface area contributed by atoms with Crippen LogP contribution in [0.5, 0.6) is 0 Å². The summed E-state index contributed by atoms with van der Waals surface area (Å²) in [4.78, 5) is 25.5. The molecule has 0 radical (unpaired) electrons. The molecule has 2 saturated heterocycles. The summed E-state index contributed by atoms with van der Waals surface area (Å²) in [7, 11) is 0. The van der Waals surface area contributed by atoms with Crippen LogP contribution in [0.1, 0.15) is 46.0 Å². The largest absolute Gasteiger partial charge is 0.465 e. The van der Waals surface area contributed by atoms with Gasteiger partial charge in [0.25, 0.3) is 0 Å². The first-order chi connectivity index (χ1) is 11.9. The van der Waals surface area contributed by atoms with Gasteiger partial charge in [-0.3, -0.25) is 9.59 Å². The molecule has 4 fully saturated rings. The van der Waals surface area contributed by atoms with E-state index in [-0.39, 0.29) is 26.8 Å². The molecule has 5 heteroatoms. The highest BCUT2D eigenvalue weighted by atomic mass is 32.2. The van der Waals surface area contributed by atoms with Gasteiger partial charge in [-0.2, -0.15) is 0 Å². The zero-order valence-electron chi connectivity index (χ0n) is 15.0. The number of esters is 1. The van der Waals surface area contributed by atoms with Gasteiger partial charge in [0.1, 0.15) is 0 Å². The van der Waals surface area contributed by atoms with Crippen molar-refractivity contribution in [2.75, 3.05) is 18.1 Å². The number of allylic oxidation sites excluding steroid dienone is 1. The minimum absolute atomic E-state index is 0.00191. The Balaban J connectivity index is 1.53. The predicted molar refractivity (Wildman–Crippen MR) is 101 cm³/mol. The van der Waals surface area contributed by atoms with Crippen molar-refractivity contribution >= 4 is 35.3 Å². The van der Waals surface area contributed by atoms with Gasteiger partial charge in [0.05, 0.1) is 16.1 Å². The second kappa shape index (κ2) is 5.31. The predicted octanol–water partition coefficient (Wildman–Crippen LogP) is 4.07. The van der Waals surface area contributed by atoms with Gasteiger partial charge in [-0.1, -0.05) is 13.0 Å². The molecule has 25 heavy (non-hydrogen) atoms. The normalized spacial score (nSPS) is 47.8. The third-order valence-electron chi connectivity index (χ3n) is 7.98. The first kappa shape index (κ1) is 16.7. The molecular weight excluding hydrogens is 352 g/mol. The van der Waals surface area contributed by atoms with E-state index in [1.165, 1.54) is 17.9 Å². The van der Waals surface area contributed by atoms with E-state index in [0.717, 1.165) is 24.8 Å². The molecule has 3 aliphatic carbocycles. The molecule has 5 aliphatic rings. The molecule has 0 N–H and O–H groups in total. The summed E-state index contributed by atoms with van der Waals surface area (Å²) in [6.45, 7) is 4.93. The smallest absolute Gasteiger partial charge is 0.312 e. The van der Waals surface area contributed by atoms with Crippen LogP contribution in [-0.4, -0.2) is 33.9 Å². The first-order valence-electron chi connectivity index (χ1n) is 9.60. The van der Waals surface area contributed by atoms with Gasteiger partial charge in [0.2, 0.25) is 0 Å². The number of ether oxygens (including phenoxy) is 1. The standard InChI is InChI=1S/C20H26O3S2/c1-18-5-6-20(24-7-8-25-20)10-14(18)16(21)9-12-13(18)3-4-19(2)15(12)11-23-17(19)22/h10,12-13,15H,3-9,11H2,1-2H3/t12-,13+,15+,18-,19+/m1/s1. The maximum Gasteiger partial charge on any atom is 0.312 e. The van der Waals surface area contributed by atoms with Crippen LogP contribution in [0.15, 0.2) is 11.6 Å². The van der Waals surface area contributed by atoms with Gasteiger partial charge in [0.15, 0.2) is 5.78 Å². The lowest BCUT2D eigenvalue weighted by molar-refractivity contribution is -0.149. The number of cyclic esters (lactones) is 1. The molecule has 0 aromatic rings. The Kier molecular flexibility index (Phi) is 3.55. The number of fused-ring (bicyclic) bond motifs is 5. The van der Waals surface area contributed by atoms with Crippen LogP contribution < -0.4 is 0 Å². The number of carbonyl (C=O) groups is 2. The van der Waals surface area contributed by atoms with E-state index >= 15 is 0 Å². The van der Waals surface area contributed by atoms with Crippen LogP contribution >= 0.6 is 23.5 Å². The minimum Gasteiger partial charge on any atom is -0.465 e. The van der Waals surface area contributed by atoms with Crippen molar-refractivity contribution in [1.82, 2.24) is 0 Å². The lowest BCUT2D eigenvalue weighted by atomic mass is 9.47. The van der Waals surface area contributed by atoms with Crippen LogP contribution in [0.3, 0.4) is 0 Å². The minimum atomic E-state index is -0.355. The second-order valence-electron chi connectivity index (χ2n) is 9.04. The van der Waals surface area contributed by atoms with Gasteiger partial charge in [-0.25, -0.2) is 0 Å². The van der Waals surface area contributed by atoms with E-state index < -0.39 is 0 Å². The van der Waals surface area contributed by atoms with Gasteiger partial charge in [-0.05, 0) is 55.4 Å². The Bertz CT molecular complexity index is 680. The summed E-state index contributed by atoms with van der Waals surface area (Å²) < 4.78 is 5.62. The van der Waals surface area contributed by atoms with Crippen LogP contribution in [0.4, 0.5) is 0 Å². The molecule has 0 amide bonds. The molecule has 0 unspecified atom stereocenters. The van der Waals surface area contributed by atoms with Crippen LogP contribution in [0.2, 0.25) is 0 Å². The van der Waals surface area contributed by atoms with Gasteiger partial charge in [-0.15, -0.1) is 23.5 Å². The number of rotatable bonds is 0. The van der Waals surface area contributed by atoms with Crippen molar-refractivity contribution in [2.24, 2.45) is 28.6 Å². The third kappa shape index (κ3) is 2.14. The Morgan fingerprint density at radius 2 is 1.80 bits per heavy atom. The van der Waals surface area contributed by atoms with Crippen LogP contribution in [0, 0.1) is 28.6 Å². The van der Waals surface area contributed by atoms with Gasteiger partial charge >= 0.3 is 5.97 Å². The van der Waals surface area contributed by atoms with Crippen molar-refractivity contribution in [1.29, 1.82) is 0 Å². The fourth-order valence-electron chi connectivity index (χ4n) is 6.41. The summed E-state index contributed by atoms with van der Waals surface area (Å²) in [6.07, 6.45) is 7.25. The van der Waals surface area contributed by atoms with Crippen molar-refractivity contribution in [3.8, 4) is 0 Å². The quantitative estimate of drug-likeness (QED) is 0.595. The topological polar surface area (TPSA) is 43.4 Å². The molecule has 0 aromatic heterocycles. The molecule has 1 spiro atoms. The Hall–Kier alpha value is -0.420. The SMILES string of the molecule is C[C@]12CCC3(C=C1C(=O)C[C@@H]1[C@@H]2CC[C@]2(C)C(=O)OC[C@@H]12)SCCS3. The Morgan fingerprint density at radius 3 is 2.56 bits per heavy atom. The first-order valence-corrected chi connectivity index (χ1v) is 11.6. The van der Waals surface area contributed by atoms with Gasteiger partial charge < -0.3 is 4.74 Å². The highest BCUT2D eigenvalue weighted by Gasteiger charge is 2.62. The fourth-order valence-corrected chi connectivity index (χ4v) is 9.49. The molecule has 5 rings (SSSR count). The fraction of sp³-hybridized carbons (Fsp3) is 0.800. The summed E-state index contributed by atoms with van der Waals surface area (Å²) in [6, 6.07) is 0. The molecular formula is C20H26O3S2. The third-order valence-corrected chi connectivity index (χ3v) is 11.4. The number of thioether (sulfide) groups is 2. The second-order valence-corrected chi connectivity index (χ2v) is 12.2. The average Bonchev–Trinajstić information content (AvgIpc) is 3.15. The summed E-state index contributed by atoms with van der Waals surface area (Å²) in [5.74, 6) is 3.79. The molecule has 3 nitrogen and oxygen atoms in total. The van der Waals surface area contributed by atoms with Crippen LogP contribution in [0.25, 0.3) is 0 Å². The summed E-state index contributed by atoms with van der Waals surface area (Å²) >= 11 is 4.07. The lowest BCUT2D eigenvalue weighted by Gasteiger charge is -2.56. The van der Waals surface area contributed by atoms with E-state index in [9.17, 15) is 9.59 Å². The highest BCUT2D eigenvalue weighted by molar-refractivity contribution is 8.21. The molecule has 2 heterocycles. The summed E-state index contributed by atoms with van der Waals surface area (Å²) in [5, 5.41) is 0. The molecule has 0 aromatic carbocycles. The number of hydrogen-bond acceptors (Lipinski definition) is 5.